The first-order valence-corrected chi connectivity index (χ1v) is 12.7. The summed E-state index contributed by atoms with van der Waals surface area (Å²) >= 11 is 0. The number of nitrogens with zero attached hydrogens (tertiary/aromatic N) is 1. The van der Waals surface area contributed by atoms with Gasteiger partial charge in [0.15, 0.2) is 11.4 Å². The lowest BCUT2D eigenvalue weighted by Crippen LogP contribution is -2.63. The highest BCUT2D eigenvalue weighted by molar-refractivity contribution is 6.24. The molecule has 4 aliphatic rings. The Bertz CT molecular complexity index is 1260. The number of rotatable bonds is 5. The van der Waals surface area contributed by atoms with Crippen molar-refractivity contribution in [2.75, 3.05) is 14.1 Å². The smallest absolute Gasteiger partial charge is 0.255 e. The number of phenols is 1. The number of benzene rings is 1. The van der Waals surface area contributed by atoms with Crippen LogP contribution in [0.2, 0.25) is 0 Å². The molecule has 10 heteroatoms. The van der Waals surface area contributed by atoms with E-state index >= 15 is 0 Å². The standard InChI is InChI=1S/C27H33N3O7/c1-30(2)21-16-10-13-9-15-12(11-29-14-5-3-4-6-14)7-8-17(31)19(15)22(32)18(13)24(34)27(16,37)25(35)20(23(21)33)26(28)36/h7-8,13-14,16,21,29,31,33-34,37H,3-6,9-11H2,1-2H3,(H2,28,36)/t13-,16-,21?,27+/m1/s1. The molecule has 4 atom stereocenters. The Hall–Kier alpha value is -3.21. The molecule has 10 nitrogen and oxygen atoms in total. The van der Waals surface area contributed by atoms with Crippen LogP contribution in [0.25, 0.3) is 0 Å². The number of ketones is 2. The lowest BCUT2D eigenvalue weighted by molar-refractivity contribution is -0.148. The average Bonchev–Trinajstić information content (AvgIpc) is 3.34. The molecule has 0 heterocycles. The number of hydrogen-bond acceptors (Lipinski definition) is 9. The number of carbonyl (C=O) groups is 3. The van der Waals surface area contributed by atoms with E-state index in [-0.39, 0.29) is 23.3 Å². The summed E-state index contributed by atoms with van der Waals surface area (Å²) in [5.41, 5.74) is 3.37. The SMILES string of the molecule is CN(C)C1C(O)=C(C(N)=O)C(=O)[C@@]2(O)C(O)=C3C(=O)c4c(O)ccc(CNC5CCCC5)c4C[C@@H]3C[C@H]12. The number of carbonyl (C=O) groups excluding carboxylic acids is 3. The van der Waals surface area contributed by atoms with Gasteiger partial charge in [-0.2, -0.15) is 0 Å². The molecule has 1 unspecified atom stereocenters. The molecule has 0 radical (unpaired) electrons. The van der Waals surface area contributed by atoms with Crippen molar-refractivity contribution in [3.63, 3.8) is 0 Å². The molecule has 1 fully saturated rings. The van der Waals surface area contributed by atoms with Crippen LogP contribution in [-0.2, 0) is 22.6 Å². The minimum absolute atomic E-state index is 0.0477. The Morgan fingerprint density at radius 1 is 1.16 bits per heavy atom. The molecular formula is C27H33N3O7. The zero-order valence-corrected chi connectivity index (χ0v) is 21.0. The zero-order valence-electron chi connectivity index (χ0n) is 21.0. The van der Waals surface area contributed by atoms with Gasteiger partial charge in [0.1, 0.15) is 22.8 Å². The molecule has 0 aromatic heterocycles. The van der Waals surface area contributed by atoms with Crippen LogP contribution in [-0.4, -0.2) is 74.6 Å². The first-order valence-electron chi connectivity index (χ1n) is 12.7. The quantitative estimate of drug-likeness (QED) is 0.317. The van der Waals surface area contributed by atoms with Crippen LogP contribution >= 0.6 is 0 Å². The molecule has 198 valence electrons. The van der Waals surface area contributed by atoms with Crippen LogP contribution in [0.3, 0.4) is 0 Å². The number of aromatic hydroxyl groups is 1. The van der Waals surface area contributed by atoms with Crippen LogP contribution in [0.1, 0.15) is 53.6 Å². The van der Waals surface area contributed by atoms with Gasteiger partial charge in [0, 0.05) is 24.1 Å². The normalized spacial score (nSPS) is 30.0. The molecule has 1 aromatic carbocycles. The number of aliphatic hydroxyl groups is 3. The number of phenolic OH excluding ortho intramolecular Hbond substituents is 1. The summed E-state index contributed by atoms with van der Waals surface area (Å²) in [5, 5.41) is 48.0. The Kier molecular flexibility index (Phi) is 6.17. The second kappa shape index (κ2) is 8.97. The van der Waals surface area contributed by atoms with Gasteiger partial charge in [-0.3, -0.25) is 19.3 Å². The third-order valence-corrected chi connectivity index (χ3v) is 8.64. The van der Waals surface area contributed by atoms with E-state index in [2.05, 4.69) is 5.32 Å². The summed E-state index contributed by atoms with van der Waals surface area (Å²) in [6.45, 7) is 0.524. The number of amides is 1. The number of aliphatic hydroxyl groups excluding tert-OH is 2. The topological polar surface area (TPSA) is 173 Å². The molecule has 1 amide bonds. The van der Waals surface area contributed by atoms with Gasteiger partial charge in [-0.05, 0) is 62.9 Å². The number of Topliss-reactive ketones (excluding diaryl/α,β-unsaturated/α-hetero) is 2. The summed E-state index contributed by atoms with van der Waals surface area (Å²) in [6.07, 6.45) is 4.91. The molecule has 0 bridgehead atoms. The Balaban J connectivity index is 1.61. The van der Waals surface area contributed by atoms with Gasteiger partial charge in [-0.1, -0.05) is 18.9 Å². The van der Waals surface area contributed by atoms with Crippen molar-refractivity contribution in [1.82, 2.24) is 10.2 Å². The van der Waals surface area contributed by atoms with E-state index in [0.29, 0.717) is 24.6 Å². The summed E-state index contributed by atoms with van der Waals surface area (Å²) in [6, 6.07) is 2.63. The van der Waals surface area contributed by atoms with Gasteiger partial charge in [-0.15, -0.1) is 0 Å². The van der Waals surface area contributed by atoms with E-state index in [1.165, 1.54) is 18.9 Å². The fourth-order valence-electron chi connectivity index (χ4n) is 6.86. The number of nitrogens with one attached hydrogen (secondary N) is 1. The summed E-state index contributed by atoms with van der Waals surface area (Å²) < 4.78 is 0. The molecule has 37 heavy (non-hydrogen) atoms. The summed E-state index contributed by atoms with van der Waals surface area (Å²) in [4.78, 5) is 40.7. The first-order chi connectivity index (χ1) is 17.5. The Labute approximate surface area is 214 Å². The van der Waals surface area contributed by atoms with Gasteiger partial charge in [0.25, 0.3) is 5.91 Å². The third kappa shape index (κ3) is 3.69. The van der Waals surface area contributed by atoms with Crippen molar-refractivity contribution in [3.05, 3.63) is 51.5 Å². The molecule has 0 spiro atoms. The van der Waals surface area contributed by atoms with Crippen molar-refractivity contribution >= 4 is 17.5 Å². The van der Waals surface area contributed by atoms with Crippen LogP contribution in [0, 0.1) is 11.8 Å². The minimum Gasteiger partial charge on any atom is -0.510 e. The predicted octanol–water partition coefficient (Wildman–Crippen LogP) is 1.15. The van der Waals surface area contributed by atoms with Crippen molar-refractivity contribution in [2.45, 2.75) is 62.8 Å². The van der Waals surface area contributed by atoms with E-state index in [0.717, 1.165) is 18.4 Å². The lowest BCUT2D eigenvalue weighted by Gasteiger charge is -2.50. The van der Waals surface area contributed by atoms with Gasteiger partial charge < -0.3 is 31.5 Å². The Morgan fingerprint density at radius 2 is 1.84 bits per heavy atom. The van der Waals surface area contributed by atoms with Crippen molar-refractivity contribution in [3.8, 4) is 5.75 Å². The fraction of sp³-hybridized carbons (Fsp3) is 0.519. The molecular weight excluding hydrogens is 478 g/mol. The summed E-state index contributed by atoms with van der Waals surface area (Å²) in [7, 11) is 3.22. The molecule has 0 aliphatic heterocycles. The van der Waals surface area contributed by atoms with E-state index in [1.54, 1.807) is 25.1 Å². The highest BCUT2D eigenvalue weighted by atomic mass is 16.3. The average molecular weight is 512 g/mol. The first kappa shape index (κ1) is 25.4. The van der Waals surface area contributed by atoms with Crippen LogP contribution in [0.15, 0.2) is 34.8 Å². The van der Waals surface area contributed by atoms with Crippen LogP contribution in [0.5, 0.6) is 5.75 Å². The highest BCUT2D eigenvalue weighted by Crippen LogP contribution is 2.52. The zero-order chi connectivity index (χ0) is 26.8. The number of allylic oxidation sites excluding steroid dienone is 1. The summed E-state index contributed by atoms with van der Waals surface area (Å²) in [5.74, 6) is -6.40. The molecule has 0 saturated heterocycles. The van der Waals surface area contributed by atoms with Gasteiger partial charge in [0.05, 0.1) is 11.6 Å². The number of primary amides is 1. The Morgan fingerprint density at radius 3 is 2.46 bits per heavy atom. The third-order valence-electron chi connectivity index (χ3n) is 8.64. The van der Waals surface area contributed by atoms with Crippen LogP contribution in [0.4, 0.5) is 0 Å². The highest BCUT2D eigenvalue weighted by Gasteiger charge is 2.63. The second-order valence-electron chi connectivity index (χ2n) is 10.9. The van der Waals surface area contributed by atoms with Gasteiger partial charge in [0.2, 0.25) is 5.78 Å². The lowest BCUT2D eigenvalue weighted by atomic mass is 9.58. The van der Waals surface area contributed by atoms with E-state index in [9.17, 15) is 34.8 Å². The fourth-order valence-corrected chi connectivity index (χ4v) is 6.86. The monoisotopic (exact) mass is 511 g/mol. The maximum Gasteiger partial charge on any atom is 0.255 e. The van der Waals surface area contributed by atoms with Gasteiger partial charge >= 0.3 is 0 Å². The van der Waals surface area contributed by atoms with Crippen LogP contribution < -0.4 is 11.1 Å². The molecule has 1 aromatic rings. The van der Waals surface area contributed by atoms with Crippen molar-refractivity contribution < 1.29 is 34.8 Å². The van der Waals surface area contributed by atoms with Crippen molar-refractivity contribution in [1.29, 1.82) is 0 Å². The minimum atomic E-state index is -2.62. The maximum atomic E-state index is 13.7. The van der Waals surface area contributed by atoms with E-state index < -0.39 is 58.0 Å². The number of nitrogens with two attached hydrogens (primary N) is 1. The number of fused-ring (bicyclic) bond motifs is 3. The maximum absolute atomic E-state index is 13.7. The second-order valence-corrected chi connectivity index (χ2v) is 10.9. The predicted molar refractivity (Wildman–Crippen MR) is 133 cm³/mol. The number of hydrogen-bond donors (Lipinski definition) is 6. The molecule has 4 aliphatic carbocycles. The van der Waals surface area contributed by atoms with E-state index in [4.69, 9.17) is 5.73 Å². The molecule has 7 N–H and O–H groups in total. The van der Waals surface area contributed by atoms with E-state index in [1.807, 2.05) is 0 Å². The molecule has 5 rings (SSSR count). The van der Waals surface area contributed by atoms with Gasteiger partial charge in [-0.25, -0.2) is 0 Å². The number of likely N-dealkylation sites (N-methyl/N-ethyl adjacent to an activating group) is 1. The molecule has 1 saturated carbocycles. The van der Waals surface area contributed by atoms with Crippen molar-refractivity contribution in [2.24, 2.45) is 17.6 Å². The largest absolute Gasteiger partial charge is 0.510 e.